The average Bonchev–Trinajstić information content (AvgIpc) is 2.33. The van der Waals surface area contributed by atoms with Crippen molar-refractivity contribution in [3.8, 4) is 0 Å². The van der Waals surface area contributed by atoms with Gasteiger partial charge in [0.05, 0.1) is 5.54 Å². The lowest BCUT2D eigenvalue weighted by Crippen LogP contribution is -2.56. The molecule has 0 radical (unpaired) electrons. The molecule has 1 aliphatic carbocycles. The van der Waals surface area contributed by atoms with Crippen LogP contribution in [0.25, 0.3) is 0 Å². The standard InChI is InChI=1S/C6H14N4O2S/c7-5(8)6(3-1-2-4-6)10-13(9,11)12/h10H,1-4H2,(H3,7,8)(H2,9,11,12). The van der Waals surface area contributed by atoms with Crippen molar-refractivity contribution in [2.75, 3.05) is 0 Å². The largest absolute Gasteiger partial charge is 0.386 e. The van der Waals surface area contributed by atoms with Crippen LogP contribution in [0.5, 0.6) is 0 Å². The Morgan fingerprint density at radius 1 is 1.38 bits per heavy atom. The molecule has 0 aromatic carbocycles. The number of nitrogens with one attached hydrogen (secondary N) is 2. The molecule has 1 rings (SSSR count). The van der Waals surface area contributed by atoms with Crippen LogP contribution in [0, 0.1) is 5.41 Å². The van der Waals surface area contributed by atoms with Gasteiger partial charge in [0.25, 0.3) is 10.2 Å². The summed E-state index contributed by atoms with van der Waals surface area (Å²) < 4.78 is 23.9. The summed E-state index contributed by atoms with van der Waals surface area (Å²) in [5.41, 5.74) is 4.42. The van der Waals surface area contributed by atoms with Crippen molar-refractivity contribution in [3.63, 3.8) is 0 Å². The Kier molecular flexibility index (Phi) is 2.60. The Hall–Kier alpha value is -0.660. The molecular formula is C6H14N4O2S. The van der Waals surface area contributed by atoms with Crippen molar-refractivity contribution in [2.24, 2.45) is 10.9 Å². The van der Waals surface area contributed by atoms with Gasteiger partial charge in [-0.1, -0.05) is 12.8 Å². The number of nitrogens with two attached hydrogens (primary N) is 2. The van der Waals surface area contributed by atoms with E-state index in [9.17, 15) is 8.42 Å². The van der Waals surface area contributed by atoms with E-state index in [2.05, 4.69) is 4.72 Å². The first-order valence-corrected chi connectivity index (χ1v) is 5.57. The van der Waals surface area contributed by atoms with Crippen LogP contribution in [0.15, 0.2) is 0 Å². The minimum Gasteiger partial charge on any atom is -0.386 e. The maximum absolute atomic E-state index is 10.8. The highest BCUT2D eigenvalue weighted by molar-refractivity contribution is 7.87. The SMILES string of the molecule is N=C(N)C1(NS(N)(=O)=O)CCCC1. The highest BCUT2D eigenvalue weighted by Crippen LogP contribution is 2.29. The van der Waals surface area contributed by atoms with Crippen LogP contribution in [0.1, 0.15) is 25.7 Å². The molecule has 6 N–H and O–H groups in total. The maximum Gasteiger partial charge on any atom is 0.275 e. The van der Waals surface area contributed by atoms with E-state index >= 15 is 0 Å². The van der Waals surface area contributed by atoms with Crippen LogP contribution in [0.3, 0.4) is 0 Å². The normalized spacial score (nSPS) is 21.6. The topological polar surface area (TPSA) is 122 Å². The van der Waals surface area contributed by atoms with Gasteiger partial charge in [0.2, 0.25) is 0 Å². The van der Waals surface area contributed by atoms with Gasteiger partial charge in [-0.15, -0.1) is 0 Å². The molecule has 0 aromatic rings. The molecule has 0 aromatic heterocycles. The summed E-state index contributed by atoms with van der Waals surface area (Å²) in [4.78, 5) is 0. The minimum absolute atomic E-state index is 0.154. The van der Waals surface area contributed by atoms with Gasteiger partial charge in [-0.25, -0.2) is 5.14 Å². The molecule has 76 valence electrons. The Morgan fingerprint density at radius 3 is 2.15 bits per heavy atom. The average molecular weight is 206 g/mol. The quantitative estimate of drug-likeness (QED) is 0.351. The summed E-state index contributed by atoms with van der Waals surface area (Å²) in [7, 11) is -3.78. The first kappa shape index (κ1) is 10.4. The van der Waals surface area contributed by atoms with Crippen LogP contribution in [0.2, 0.25) is 0 Å². The van der Waals surface area contributed by atoms with Gasteiger partial charge in [0.15, 0.2) is 0 Å². The van der Waals surface area contributed by atoms with Crippen molar-refractivity contribution < 1.29 is 8.42 Å². The lowest BCUT2D eigenvalue weighted by molar-refractivity contribution is 0.497. The monoisotopic (exact) mass is 206 g/mol. The zero-order chi connectivity index (χ0) is 10.1. The van der Waals surface area contributed by atoms with Crippen molar-refractivity contribution in [2.45, 2.75) is 31.2 Å². The molecule has 0 bridgehead atoms. The van der Waals surface area contributed by atoms with Crippen LogP contribution >= 0.6 is 0 Å². The molecule has 6 nitrogen and oxygen atoms in total. The number of hydrogen-bond donors (Lipinski definition) is 4. The second-order valence-corrected chi connectivity index (χ2v) is 4.64. The molecular weight excluding hydrogens is 192 g/mol. The van der Waals surface area contributed by atoms with Crippen LogP contribution in [0.4, 0.5) is 0 Å². The number of rotatable bonds is 3. The van der Waals surface area contributed by atoms with Crippen LogP contribution in [-0.4, -0.2) is 19.8 Å². The Bertz CT molecular complexity index is 305. The van der Waals surface area contributed by atoms with Gasteiger partial charge in [-0.2, -0.15) is 13.1 Å². The molecule has 0 atom stereocenters. The van der Waals surface area contributed by atoms with E-state index < -0.39 is 15.7 Å². The fourth-order valence-electron chi connectivity index (χ4n) is 1.68. The molecule has 0 spiro atoms. The Balaban J connectivity index is 2.86. The predicted octanol–water partition coefficient (Wildman–Crippen LogP) is -0.972. The molecule has 1 saturated carbocycles. The van der Waals surface area contributed by atoms with Gasteiger partial charge in [-0.05, 0) is 12.8 Å². The lowest BCUT2D eigenvalue weighted by Gasteiger charge is -2.27. The van der Waals surface area contributed by atoms with Crippen molar-refractivity contribution >= 4 is 16.0 Å². The van der Waals surface area contributed by atoms with Gasteiger partial charge >= 0.3 is 0 Å². The van der Waals surface area contributed by atoms with Crippen LogP contribution in [-0.2, 0) is 10.2 Å². The van der Waals surface area contributed by atoms with E-state index in [4.69, 9.17) is 16.3 Å². The second-order valence-electron chi connectivity index (χ2n) is 3.35. The zero-order valence-electron chi connectivity index (χ0n) is 7.21. The van der Waals surface area contributed by atoms with E-state index in [0.29, 0.717) is 12.8 Å². The van der Waals surface area contributed by atoms with E-state index in [-0.39, 0.29) is 5.84 Å². The molecule has 7 heteroatoms. The number of amidine groups is 1. The molecule has 0 unspecified atom stereocenters. The maximum atomic E-state index is 10.8. The minimum atomic E-state index is -3.78. The van der Waals surface area contributed by atoms with Gasteiger partial charge in [0.1, 0.15) is 5.84 Å². The highest BCUT2D eigenvalue weighted by atomic mass is 32.2. The first-order chi connectivity index (χ1) is 5.86. The summed E-state index contributed by atoms with van der Waals surface area (Å²) in [5, 5.41) is 12.2. The second kappa shape index (κ2) is 3.24. The third-order valence-corrected chi connectivity index (χ3v) is 2.99. The Labute approximate surface area is 77.4 Å². The summed E-state index contributed by atoms with van der Waals surface area (Å²) in [6.07, 6.45) is 2.84. The highest BCUT2D eigenvalue weighted by Gasteiger charge is 2.39. The van der Waals surface area contributed by atoms with Crippen molar-refractivity contribution in [1.82, 2.24) is 4.72 Å². The van der Waals surface area contributed by atoms with E-state index in [1.807, 2.05) is 0 Å². The van der Waals surface area contributed by atoms with Crippen LogP contribution < -0.4 is 15.6 Å². The first-order valence-electron chi connectivity index (χ1n) is 4.02. The molecule has 0 aliphatic heterocycles. The zero-order valence-corrected chi connectivity index (χ0v) is 8.02. The predicted molar refractivity (Wildman–Crippen MR) is 49.4 cm³/mol. The van der Waals surface area contributed by atoms with Gasteiger partial charge in [-0.3, -0.25) is 5.41 Å². The molecule has 13 heavy (non-hydrogen) atoms. The third kappa shape index (κ3) is 2.39. The fourth-order valence-corrected chi connectivity index (χ4v) is 2.54. The third-order valence-electron chi connectivity index (χ3n) is 2.31. The summed E-state index contributed by atoms with van der Waals surface area (Å²) in [5.74, 6) is -0.154. The summed E-state index contributed by atoms with van der Waals surface area (Å²) >= 11 is 0. The molecule has 0 heterocycles. The molecule has 1 aliphatic rings. The molecule has 0 saturated heterocycles. The molecule has 0 amide bonds. The van der Waals surface area contributed by atoms with Crippen molar-refractivity contribution in [1.29, 1.82) is 5.41 Å². The number of hydrogen-bond acceptors (Lipinski definition) is 3. The van der Waals surface area contributed by atoms with Crippen molar-refractivity contribution in [3.05, 3.63) is 0 Å². The van der Waals surface area contributed by atoms with Gasteiger partial charge in [0, 0.05) is 0 Å². The van der Waals surface area contributed by atoms with E-state index in [1.165, 1.54) is 0 Å². The van der Waals surface area contributed by atoms with E-state index in [0.717, 1.165) is 12.8 Å². The summed E-state index contributed by atoms with van der Waals surface area (Å²) in [6, 6.07) is 0. The fraction of sp³-hybridized carbons (Fsp3) is 0.833. The van der Waals surface area contributed by atoms with Gasteiger partial charge < -0.3 is 5.73 Å². The summed E-state index contributed by atoms with van der Waals surface area (Å²) in [6.45, 7) is 0. The molecule has 1 fully saturated rings. The van der Waals surface area contributed by atoms with E-state index in [1.54, 1.807) is 0 Å². The smallest absolute Gasteiger partial charge is 0.275 e. The Morgan fingerprint density at radius 2 is 1.85 bits per heavy atom. The lowest BCUT2D eigenvalue weighted by atomic mass is 9.98.